The third-order valence-electron chi connectivity index (χ3n) is 3.54. The van der Waals surface area contributed by atoms with Crippen molar-refractivity contribution in [3.8, 4) is 11.8 Å². The van der Waals surface area contributed by atoms with Crippen molar-refractivity contribution in [3.05, 3.63) is 70.5 Å². The Hall–Kier alpha value is -2.91. The van der Waals surface area contributed by atoms with Gasteiger partial charge in [-0.25, -0.2) is 0 Å². The van der Waals surface area contributed by atoms with E-state index in [2.05, 4.69) is 39.1 Å². The number of hydrogen-bond donors (Lipinski definition) is 3. The predicted octanol–water partition coefficient (Wildman–Crippen LogP) is 4.68. The number of thiol groups is 1. The Balaban J connectivity index is 1.64. The third-order valence-corrected chi connectivity index (χ3v) is 3.68. The van der Waals surface area contributed by atoms with E-state index in [0.717, 1.165) is 28.0 Å². The Labute approximate surface area is 151 Å². The van der Waals surface area contributed by atoms with Gasteiger partial charge in [-0.1, -0.05) is 30.3 Å². The van der Waals surface area contributed by atoms with E-state index in [1.54, 1.807) is 11.6 Å². The first kappa shape index (κ1) is 16.9. The van der Waals surface area contributed by atoms with Crippen LogP contribution in [0.3, 0.4) is 0 Å². The summed E-state index contributed by atoms with van der Waals surface area (Å²) in [7, 11) is 0. The highest BCUT2D eigenvalue weighted by molar-refractivity contribution is 7.83. The van der Waals surface area contributed by atoms with Crippen LogP contribution < -0.4 is 10.1 Å². The fraction of sp³-hybridized carbons (Fsp3) is 0.158. The number of rotatable bonds is 6. The van der Waals surface area contributed by atoms with Gasteiger partial charge in [-0.3, -0.25) is 5.10 Å². The van der Waals surface area contributed by atoms with Crippen LogP contribution in [0.25, 0.3) is 15.7 Å². The molecule has 0 spiro atoms. The number of aromatic nitrogens is 2. The molecule has 3 aromatic rings. The molecule has 0 bridgehead atoms. The summed E-state index contributed by atoms with van der Waals surface area (Å²) in [5.41, 5.74) is 2.10. The van der Waals surface area contributed by atoms with Gasteiger partial charge >= 0.3 is 6.20 Å². The van der Waals surface area contributed by atoms with Gasteiger partial charge in [0.25, 0.3) is 6.07 Å². The zero-order valence-electron chi connectivity index (χ0n) is 13.6. The monoisotopic (exact) mass is 351 g/mol. The summed E-state index contributed by atoms with van der Waals surface area (Å²) in [5, 5.41) is 13.2. The molecule has 0 atom stereocenters. The molecule has 2 aromatic carbocycles. The van der Waals surface area contributed by atoms with Crippen LogP contribution in [0.4, 0.5) is 5.82 Å². The Bertz CT molecular complexity index is 909. The van der Waals surface area contributed by atoms with E-state index in [-0.39, 0.29) is 0 Å². The van der Waals surface area contributed by atoms with Gasteiger partial charge in [-0.05, 0) is 28.6 Å². The summed E-state index contributed by atoms with van der Waals surface area (Å²) in [4.78, 5) is 3.94. The summed E-state index contributed by atoms with van der Waals surface area (Å²) < 4.78 is 5.88. The third kappa shape index (κ3) is 4.78. The number of nitrogens with one attached hydrogen (secondary N) is 2. The summed E-state index contributed by atoms with van der Waals surface area (Å²) in [6.45, 7) is 1.23. The molecular formula is C19H19N4OS+. The number of benzene rings is 2. The SMILES string of the molecule is S/C=C\[N+]#CCCNc1n[nH]c2ccc(OCc3ccccc3)cc12. The quantitative estimate of drug-likeness (QED) is 0.446. The fourth-order valence-corrected chi connectivity index (χ4v) is 2.41. The van der Waals surface area contributed by atoms with Crippen LogP contribution >= 0.6 is 12.6 Å². The molecule has 0 saturated carbocycles. The Kier molecular flexibility index (Phi) is 5.96. The lowest BCUT2D eigenvalue weighted by Crippen LogP contribution is -2.01. The number of H-pyrrole nitrogens is 1. The summed E-state index contributed by atoms with van der Waals surface area (Å²) in [5.74, 6) is 1.61. The van der Waals surface area contributed by atoms with Crippen molar-refractivity contribution < 1.29 is 4.74 Å². The van der Waals surface area contributed by atoms with E-state index in [9.17, 15) is 0 Å². The average Bonchev–Trinajstić information content (AvgIpc) is 3.06. The molecule has 0 aliphatic heterocycles. The molecule has 1 heterocycles. The van der Waals surface area contributed by atoms with Gasteiger partial charge in [0.1, 0.15) is 12.4 Å². The average molecular weight is 351 g/mol. The summed E-state index contributed by atoms with van der Waals surface area (Å²) in [6.07, 6.45) is 2.26. The number of fused-ring (bicyclic) bond motifs is 1. The molecule has 5 nitrogen and oxygen atoms in total. The van der Waals surface area contributed by atoms with Crippen molar-refractivity contribution in [2.75, 3.05) is 11.9 Å². The molecule has 0 saturated heterocycles. The van der Waals surface area contributed by atoms with Gasteiger partial charge in [-0.2, -0.15) is 5.10 Å². The number of aromatic amines is 1. The normalized spacial score (nSPS) is 10.6. The first-order valence-electron chi connectivity index (χ1n) is 7.97. The van der Waals surface area contributed by atoms with E-state index in [0.29, 0.717) is 19.6 Å². The number of nitrogens with zero attached hydrogens (tertiary/aromatic N) is 2. The zero-order valence-corrected chi connectivity index (χ0v) is 14.5. The lowest BCUT2D eigenvalue weighted by Gasteiger charge is -2.06. The lowest BCUT2D eigenvalue weighted by atomic mass is 10.2. The fourth-order valence-electron chi connectivity index (χ4n) is 2.35. The van der Waals surface area contributed by atoms with Crippen LogP contribution in [0.2, 0.25) is 0 Å². The van der Waals surface area contributed by atoms with Crippen LogP contribution in [0.15, 0.2) is 60.1 Å². The predicted molar refractivity (Wildman–Crippen MR) is 105 cm³/mol. The number of anilines is 1. The van der Waals surface area contributed by atoms with Gasteiger partial charge in [0.2, 0.25) is 0 Å². The first-order chi connectivity index (χ1) is 12.4. The van der Waals surface area contributed by atoms with Crippen molar-refractivity contribution in [2.24, 2.45) is 0 Å². The molecule has 2 N–H and O–H groups in total. The number of ether oxygens (including phenoxy) is 1. The Morgan fingerprint density at radius 2 is 2.12 bits per heavy atom. The standard InChI is InChI=1S/C19H18N4OS/c25-12-11-20-9-4-10-21-19-17-13-16(7-8-18(17)22-23-19)24-14-15-5-2-1-3-6-15/h1-3,5-8,11-13H,4,10,14H2,(H2-,21,22,23,25)/p+1/b12-11-. The maximum Gasteiger partial charge on any atom is 0.311 e. The van der Waals surface area contributed by atoms with Crippen LogP contribution in [0.5, 0.6) is 5.75 Å². The molecule has 3 rings (SSSR count). The molecule has 0 aliphatic rings. The van der Waals surface area contributed by atoms with Crippen molar-refractivity contribution in [1.29, 1.82) is 0 Å². The molecule has 0 fully saturated rings. The van der Waals surface area contributed by atoms with E-state index in [4.69, 9.17) is 4.74 Å². The van der Waals surface area contributed by atoms with Gasteiger partial charge in [0, 0.05) is 11.9 Å². The smallest absolute Gasteiger partial charge is 0.311 e. The highest BCUT2D eigenvalue weighted by Crippen LogP contribution is 2.25. The molecule has 0 radical (unpaired) electrons. The first-order valence-corrected chi connectivity index (χ1v) is 8.49. The maximum atomic E-state index is 5.88. The van der Waals surface area contributed by atoms with E-state index in [1.807, 2.05) is 48.5 Å². The molecule has 126 valence electrons. The van der Waals surface area contributed by atoms with Crippen molar-refractivity contribution >= 4 is 29.3 Å². The molecular weight excluding hydrogens is 332 g/mol. The second-order valence-corrected chi connectivity index (χ2v) is 5.61. The minimum Gasteiger partial charge on any atom is -0.489 e. The Morgan fingerprint density at radius 1 is 1.24 bits per heavy atom. The minimum atomic E-state index is 0.539. The summed E-state index contributed by atoms with van der Waals surface area (Å²) in [6, 6.07) is 18.9. The molecule has 0 unspecified atom stereocenters. The van der Waals surface area contributed by atoms with Crippen molar-refractivity contribution in [1.82, 2.24) is 10.2 Å². The van der Waals surface area contributed by atoms with Crippen molar-refractivity contribution in [3.63, 3.8) is 0 Å². The van der Waals surface area contributed by atoms with Gasteiger partial charge < -0.3 is 10.1 Å². The van der Waals surface area contributed by atoms with E-state index >= 15 is 0 Å². The van der Waals surface area contributed by atoms with Crippen LogP contribution in [0, 0.1) is 6.07 Å². The molecule has 0 aliphatic carbocycles. The van der Waals surface area contributed by atoms with Crippen LogP contribution in [-0.2, 0) is 6.61 Å². The van der Waals surface area contributed by atoms with Gasteiger partial charge in [-0.15, -0.1) is 12.6 Å². The molecule has 0 amide bonds. The van der Waals surface area contributed by atoms with E-state index in [1.165, 1.54) is 0 Å². The zero-order chi connectivity index (χ0) is 17.3. The molecule has 25 heavy (non-hydrogen) atoms. The molecule has 6 heteroatoms. The minimum absolute atomic E-state index is 0.539. The van der Waals surface area contributed by atoms with Gasteiger partial charge in [0.15, 0.2) is 5.82 Å². The van der Waals surface area contributed by atoms with Crippen molar-refractivity contribution in [2.45, 2.75) is 13.0 Å². The van der Waals surface area contributed by atoms with Crippen LogP contribution in [-0.4, -0.2) is 16.7 Å². The topological polar surface area (TPSA) is 54.3 Å². The number of hydrogen-bond acceptors (Lipinski definition) is 4. The Morgan fingerprint density at radius 3 is 2.96 bits per heavy atom. The van der Waals surface area contributed by atoms with Gasteiger partial charge in [0.05, 0.1) is 17.3 Å². The molecule has 1 aromatic heterocycles. The van der Waals surface area contributed by atoms with E-state index < -0.39 is 0 Å². The highest BCUT2D eigenvalue weighted by atomic mass is 32.1. The largest absolute Gasteiger partial charge is 0.489 e. The lowest BCUT2D eigenvalue weighted by molar-refractivity contribution is 0.306. The maximum absolute atomic E-state index is 5.88. The highest BCUT2D eigenvalue weighted by Gasteiger charge is 2.07. The second kappa shape index (κ2) is 8.81. The summed E-state index contributed by atoms with van der Waals surface area (Å²) >= 11 is 3.93. The van der Waals surface area contributed by atoms with Crippen LogP contribution in [0.1, 0.15) is 12.0 Å². The second-order valence-electron chi connectivity index (χ2n) is 5.32.